The van der Waals surface area contributed by atoms with Crippen molar-refractivity contribution in [3.63, 3.8) is 0 Å². The van der Waals surface area contributed by atoms with E-state index in [0.717, 1.165) is 16.7 Å². The van der Waals surface area contributed by atoms with E-state index < -0.39 is 0 Å². The molecule has 44 heavy (non-hydrogen) atoms. The fourth-order valence-electron chi connectivity index (χ4n) is 6.52. The molecule has 0 fully saturated rings. The van der Waals surface area contributed by atoms with Gasteiger partial charge in [-0.2, -0.15) is 0 Å². The third kappa shape index (κ3) is 4.73. The van der Waals surface area contributed by atoms with Gasteiger partial charge in [-0.15, -0.1) is 0 Å². The second-order valence-corrected chi connectivity index (χ2v) is 11.5. The molecule has 1 nitrogen and oxygen atoms in total. The third-order valence-corrected chi connectivity index (χ3v) is 8.56. The van der Waals surface area contributed by atoms with E-state index in [-0.39, 0.29) is 0 Å². The Labute approximate surface area is 259 Å². The Morgan fingerprint density at radius 1 is 0.523 bits per heavy atom. The Hall–Kier alpha value is -5.53. The maximum absolute atomic E-state index is 8.70. The molecular formula is C43H33N. The van der Waals surface area contributed by atoms with Crippen LogP contribution in [0, 0.1) is 12.3 Å². The van der Waals surface area contributed by atoms with Crippen molar-refractivity contribution in [2.75, 3.05) is 0 Å². The number of nitrogens with one attached hydrogen (secondary N) is 1. The highest BCUT2D eigenvalue weighted by Gasteiger charge is 2.19. The molecule has 0 atom stereocenters. The maximum atomic E-state index is 8.70. The lowest BCUT2D eigenvalue weighted by molar-refractivity contribution is 1.47. The highest BCUT2D eigenvalue weighted by Crippen LogP contribution is 2.46. The van der Waals surface area contributed by atoms with E-state index in [1.165, 1.54) is 65.7 Å². The quantitative estimate of drug-likeness (QED) is 0.118. The first-order chi connectivity index (χ1) is 21.5. The molecule has 7 aromatic rings. The number of rotatable bonds is 6. The average molecular weight is 564 g/mol. The Kier molecular flexibility index (Phi) is 7.00. The lowest BCUT2D eigenvalue weighted by Crippen LogP contribution is -1.96. The van der Waals surface area contributed by atoms with E-state index in [9.17, 15) is 0 Å². The van der Waals surface area contributed by atoms with Crippen molar-refractivity contribution in [1.29, 1.82) is 5.41 Å². The van der Waals surface area contributed by atoms with E-state index in [0.29, 0.717) is 5.71 Å². The first kappa shape index (κ1) is 27.3. The van der Waals surface area contributed by atoms with Crippen LogP contribution in [0.3, 0.4) is 0 Å². The van der Waals surface area contributed by atoms with Crippen LogP contribution in [0.4, 0.5) is 0 Å². The molecule has 7 rings (SSSR count). The Morgan fingerprint density at radius 3 is 1.66 bits per heavy atom. The molecule has 0 spiro atoms. The van der Waals surface area contributed by atoms with Crippen molar-refractivity contribution in [3.8, 4) is 33.4 Å². The van der Waals surface area contributed by atoms with Crippen LogP contribution in [0.1, 0.15) is 18.1 Å². The van der Waals surface area contributed by atoms with Crippen LogP contribution in [0.25, 0.3) is 65.7 Å². The molecule has 0 radical (unpaired) electrons. The van der Waals surface area contributed by atoms with E-state index in [2.05, 4.69) is 141 Å². The fourth-order valence-corrected chi connectivity index (χ4v) is 6.52. The number of hydrogen-bond acceptors (Lipinski definition) is 1. The Balaban J connectivity index is 1.52. The summed E-state index contributed by atoms with van der Waals surface area (Å²) in [6.07, 6.45) is 3.72. The molecule has 0 aliphatic carbocycles. The van der Waals surface area contributed by atoms with E-state index >= 15 is 0 Å². The molecule has 0 amide bonds. The summed E-state index contributed by atoms with van der Waals surface area (Å²) in [7, 11) is 0. The molecule has 0 saturated heterocycles. The second-order valence-electron chi connectivity index (χ2n) is 11.5. The molecule has 7 aromatic carbocycles. The van der Waals surface area contributed by atoms with Crippen LogP contribution >= 0.6 is 0 Å². The monoisotopic (exact) mass is 563 g/mol. The summed E-state index contributed by atoms with van der Waals surface area (Å²) in [6.45, 7) is 8.08. The zero-order chi connectivity index (χ0) is 30.2. The fraction of sp³-hybridized carbons (Fsp3) is 0.0465. The van der Waals surface area contributed by atoms with Crippen LogP contribution in [0.15, 0.2) is 158 Å². The topological polar surface area (TPSA) is 23.9 Å². The van der Waals surface area contributed by atoms with Gasteiger partial charge in [0.1, 0.15) is 0 Å². The van der Waals surface area contributed by atoms with Gasteiger partial charge in [-0.05, 0) is 103 Å². The lowest BCUT2D eigenvalue weighted by Gasteiger charge is -2.20. The summed E-state index contributed by atoms with van der Waals surface area (Å²) in [5.74, 6) is 0. The van der Waals surface area contributed by atoms with Crippen LogP contribution < -0.4 is 0 Å². The Morgan fingerprint density at radius 2 is 1.05 bits per heavy atom. The highest BCUT2D eigenvalue weighted by atomic mass is 14.4. The van der Waals surface area contributed by atoms with E-state index in [4.69, 9.17) is 5.41 Å². The molecule has 1 heteroatoms. The van der Waals surface area contributed by atoms with Gasteiger partial charge in [0.05, 0.1) is 5.71 Å². The van der Waals surface area contributed by atoms with Gasteiger partial charge >= 0.3 is 0 Å². The van der Waals surface area contributed by atoms with Gasteiger partial charge in [0.2, 0.25) is 0 Å². The first-order valence-corrected chi connectivity index (χ1v) is 15.1. The molecule has 0 aliphatic heterocycles. The molecule has 210 valence electrons. The predicted molar refractivity (Wildman–Crippen MR) is 191 cm³/mol. The minimum Gasteiger partial charge on any atom is -0.300 e. The summed E-state index contributed by atoms with van der Waals surface area (Å²) in [5, 5.41) is 16.0. The molecule has 0 unspecified atom stereocenters. The number of allylic oxidation sites excluding steroid dienone is 3. The number of aryl methyl sites for hydroxylation is 1. The van der Waals surface area contributed by atoms with Gasteiger partial charge in [-0.3, -0.25) is 0 Å². The van der Waals surface area contributed by atoms with Gasteiger partial charge in [-0.25, -0.2) is 0 Å². The van der Waals surface area contributed by atoms with E-state index in [1.807, 2.05) is 25.1 Å². The second kappa shape index (κ2) is 11.3. The largest absolute Gasteiger partial charge is 0.300 e. The third-order valence-electron chi connectivity index (χ3n) is 8.56. The zero-order valence-corrected chi connectivity index (χ0v) is 25.1. The summed E-state index contributed by atoms with van der Waals surface area (Å²) in [6, 6.07) is 48.0. The van der Waals surface area contributed by atoms with Crippen LogP contribution in [0.5, 0.6) is 0 Å². The SMILES string of the molecule is C=C(C)/C=C\C(=N)c1cccc(-c2c3ccccc3c(-c3ccc(-c4ccccc4C)c4ccccc34)c3ccccc23)c1. The van der Waals surface area contributed by atoms with Gasteiger partial charge < -0.3 is 5.41 Å². The minimum atomic E-state index is 0.472. The number of hydrogen-bond donors (Lipinski definition) is 1. The minimum absolute atomic E-state index is 0.472. The van der Waals surface area contributed by atoms with Gasteiger partial charge in [-0.1, -0.05) is 146 Å². The van der Waals surface area contributed by atoms with E-state index in [1.54, 1.807) is 0 Å². The first-order valence-electron chi connectivity index (χ1n) is 15.1. The van der Waals surface area contributed by atoms with Crippen molar-refractivity contribution in [1.82, 2.24) is 0 Å². The Bertz CT molecular complexity index is 2220. The molecule has 0 bridgehead atoms. The number of benzene rings is 7. The predicted octanol–water partition coefficient (Wildman–Crippen LogP) is 12.0. The average Bonchev–Trinajstić information content (AvgIpc) is 3.06. The molecular weight excluding hydrogens is 530 g/mol. The van der Waals surface area contributed by atoms with Crippen LogP contribution in [-0.2, 0) is 0 Å². The summed E-state index contributed by atoms with van der Waals surface area (Å²) in [5.41, 5.74) is 10.9. The number of fused-ring (bicyclic) bond motifs is 3. The zero-order valence-electron chi connectivity index (χ0n) is 25.1. The molecule has 1 N–H and O–H groups in total. The summed E-state index contributed by atoms with van der Waals surface area (Å²) in [4.78, 5) is 0. The smallest absolute Gasteiger partial charge is 0.0612 e. The molecule has 0 aromatic heterocycles. The van der Waals surface area contributed by atoms with Gasteiger partial charge in [0.15, 0.2) is 0 Å². The normalized spacial score (nSPS) is 11.5. The van der Waals surface area contributed by atoms with Crippen molar-refractivity contribution in [2.24, 2.45) is 0 Å². The molecule has 0 heterocycles. The molecule has 0 aliphatic rings. The van der Waals surface area contributed by atoms with Crippen molar-refractivity contribution < 1.29 is 0 Å². The van der Waals surface area contributed by atoms with Gasteiger partial charge in [0.25, 0.3) is 0 Å². The van der Waals surface area contributed by atoms with Crippen molar-refractivity contribution in [2.45, 2.75) is 13.8 Å². The standard InChI is InChI=1S/C43H33N/c1-28(2)23-26-41(44)30-14-12-15-31(27-30)42-36-19-8-10-21-38(36)43(39-22-11-9-20-37(39)42)40-25-24-35(32-16-5-4-13-29(32)3)33-17-6-7-18-34(33)40/h4-27,44H,1H2,2-3H3/b26-23-,44-41?. The highest BCUT2D eigenvalue weighted by molar-refractivity contribution is 6.24. The van der Waals surface area contributed by atoms with Crippen LogP contribution in [-0.4, -0.2) is 5.71 Å². The summed E-state index contributed by atoms with van der Waals surface area (Å²) < 4.78 is 0. The molecule has 0 saturated carbocycles. The lowest BCUT2D eigenvalue weighted by atomic mass is 9.83. The van der Waals surface area contributed by atoms with Crippen molar-refractivity contribution >= 4 is 38.0 Å². The maximum Gasteiger partial charge on any atom is 0.0612 e. The van der Waals surface area contributed by atoms with Crippen LogP contribution in [0.2, 0.25) is 0 Å². The summed E-state index contributed by atoms with van der Waals surface area (Å²) >= 11 is 0. The van der Waals surface area contributed by atoms with Gasteiger partial charge in [0, 0.05) is 0 Å². The van der Waals surface area contributed by atoms with Crippen molar-refractivity contribution in [3.05, 3.63) is 169 Å².